The molecule has 116 valence electrons. The summed E-state index contributed by atoms with van der Waals surface area (Å²) in [7, 11) is 0. The Morgan fingerprint density at radius 3 is 2.54 bits per heavy atom. The predicted octanol–water partition coefficient (Wildman–Crippen LogP) is 5.40. The molecule has 0 saturated heterocycles. The van der Waals surface area contributed by atoms with E-state index in [1.807, 2.05) is 13.1 Å². The minimum absolute atomic E-state index is 0.105. The monoisotopic (exact) mass is 310 g/mol. The summed E-state index contributed by atoms with van der Waals surface area (Å²) < 4.78 is 0. The normalized spacial score (nSPS) is 14.8. The summed E-state index contributed by atoms with van der Waals surface area (Å²) in [5.41, 5.74) is 6.90. The minimum atomic E-state index is -0.105. The number of hydrogen-bond acceptors (Lipinski definition) is 2. The van der Waals surface area contributed by atoms with E-state index in [0.29, 0.717) is 0 Å². The molecule has 1 aliphatic carbocycles. The number of benzene rings is 2. The van der Waals surface area contributed by atoms with E-state index in [0.717, 1.165) is 16.9 Å². The molecule has 0 saturated carbocycles. The molecule has 0 atom stereocenters. The Morgan fingerprint density at radius 2 is 1.71 bits per heavy atom. The lowest BCUT2D eigenvalue weighted by Gasteiger charge is -2.35. The maximum Gasteiger partial charge on any atom is 0.0891 e. The first-order valence-electron chi connectivity index (χ1n) is 8.37. The van der Waals surface area contributed by atoms with Crippen molar-refractivity contribution in [1.82, 2.24) is 9.97 Å². The van der Waals surface area contributed by atoms with Gasteiger partial charge in [0.1, 0.15) is 0 Å². The van der Waals surface area contributed by atoms with E-state index >= 15 is 0 Å². The molecule has 0 aliphatic heterocycles. The molecular formula is C22H18N2. The maximum atomic E-state index is 4.85. The molecule has 1 aliphatic rings. The molecule has 2 aromatic carbocycles. The second-order valence-corrected chi connectivity index (χ2v) is 7.20. The zero-order chi connectivity index (χ0) is 16.5. The number of pyridine rings is 2. The van der Waals surface area contributed by atoms with Crippen LogP contribution in [0.3, 0.4) is 0 Å². The summed E-state index contributed by atoms with van der Waals surface area (Å²) >= 11 is 0. The lowest BCUT2D eigenvalue weighted by atomic mass is 9.69. The summed E-state index contributed by atoms with van der Waals surface area (Å²) in [5, 5.41) is 3.83. The summed E-state index contributed by atoms with van der Waals surface area (Å²) in [4.78, 5) is 9.54. The second kappa shape index (κ2) is 4.41. The summed E-state index contributed by atoms with van der Waals surface area (Å²) in [6.07, 6.45) is 1.92. The molecule has 5 rings (SSSR count). The molecule has 0 unspecified atom stereocenters. The van der Waals surface area contributed by atoms with Gasteiger partial charge in [-0.15, -0.1) is 0 Å². The predicted molar refractivity (Wildman–Crippen MR) is 99.3 cm³/mol. The molecule has 2 heteroatoms. The molecule has 4 aromatic rings. The minimum Gasteiger partial charge on any atom is -0.254 e. The molecule has 0 N–H and O–H groups in total. The highest BCUT2D eigenvalue weighted by molar-refractivity contribution is 6.05. The van der Waals surface area contributed by atoms with Crippen LogP contribution in [-0.4, -0.2) is 9.97 Å². The largest absolute Gasteiger partial charge is 0.254 e. The third-order valence-electron chi connectivity index (χ3n) is 5.34. The Kier molecular flexibility index (Phi) is 2.52. The van der Waals surface area contributed by atoms with Gasteiger partial charge in [0.2, 0.25) is 0 Å². The van der Waals surface area contributed by atoms with Crippen LogP contribution < -0.4 is 0 Å². The lowest BCUT2D eigenvalue weighted by Crippen LogP contribution is -2.24. The van der Waals surface area contributed by atoms with Gasteiger partial charge < -0.3 is 0 Å². The smallest absolute Gasteiger partial charge is 0.0891 e. The van der Waals surface area contributed by atoms with Crippen LogP contribution in [-0.2, 0) is 5.41 Å². The zero-order valence-corrected chi connectivity index (χ0v) is 14.1. The lowest BCUT2D eigenvalue weighted by molar-refractivity contribution is 0.648. The van der Waals surface area contributed by atoms with Gasteiger partial charge in [0.15, 0.2) is 0 Å². The van der Waals surface area contributed by atoms with Crippen molar-refractivity contribution in [3.05, 3.63) is 71.5 Å². The van der Waals surface area contributed by atoms with Gasteiger partial charge in [-0.3, -0.25) is 9.97 Å². The van der Waals surface area contributed by atoms with Gasteiger partial charge in [0.05, 0.1) is 17.4 Å². The van der Waals surface area contributed by atoms with E-state index in [1.165, 1.54) is 32.8 Å². The molecule has 2 nitrogen and oxygen atoms in total. The van der Waals surface area contributed by atoms with Crippen molar-refractivity contribution in [2.75, 3.05) is 0 Å². The van der Waals surface area contributed by atoms with Gasteiger partial charge in [-0.1, -0.05) is 56.3 Å². The summed E-state index contributed by atoms with van der Waals surface area (Å²) in [6.45, 7) is 6.63. The fourth-order valence-corrected chi connectivity index (χ4v) is 4.24. The number of nitrogens with zero attached hydrogens (tertiary/aromatic N) is 2. The van der Waals surface area contributed by atoms with Crippen LogP contribution in [0, 0.1) is 6.92 Å². The van der Waals surface area contributed by atoms with Crippen molar-refractivity contribution >= 4 is 21.7 Å². The van der Waals surface area contributed by atoms with Crippen molar-refractivity contribution in [2.45, 2.75) is 26.2 Å². The van der Waals surface area contributed by atoms with Crippen LogP contribution in [0.4, 0.5) is 0 Å². The average Bonchev–Trinajstić information content (AvgIpc) is 2.58. The topological polar surface area (TPSA) is 25.8 Å². The molecule has 0 radical (unpaired) electrons. The Hall–Kier alpha value is -2.74. The quantitative estimate of drug-likeness (QED) is 0.435. The molecule has 2 aromatic heterocycles. The fourth-order valence-electron chi connectivity index (χ4n) is 4.24. The van der Waals surface area contributed by atoms with Crippen LogP contribution in [0.25, 0.3) is 32.9 Å². The zero-order valence-electron chi connectivity index (χ0n) is 14.1. The maximum absolute atomic E-state index is 4.85. The Morgan fingerprint density at radius 1 is 0.917 bits per heavy atom. The summed E-state index contributed by atoms with van der Waals surface area (Å²) in [5.74, 6) is 0. The van der Waals surface area contributed by atoms with Crippen molar-refractivity contribution in [2.24, 2.45) is 0 Å². The Balaban J connectivity index is 2.03. The summed E-state index contributed by atoms with van der Waals surface area (Å²) in [6, 6.07) is 17.4. The van der Waals surface area contributed by atoms with Crippen LogP contribution >= 0.6 is 0 Å². The van der Waals surface area contributed by atoms with Crippen LogP contribution in [0.15, 0.2) is 54.7 Å². The highest BCUT2D eigenvalue weighted by Gasteiger charge is 2.35. The Bertz CT molecular complexity index is 1130. The number of aryl methyl sites for hydroxylation is 1. The fraction of sp³-hybridized carbons (Fsp3) is 0.182. The molecule has 2 heterocycles. The van der Waals surface area contributed by atoms with Gasteiger partial charge in [-0.25, -0.2) is 0 Å². The first-order chi connectivity index (χ1) is 11.6. The molecule has 0 spiro atoms. The van der Waals surface area contributed by atoms with Gasteiger partial charge in [-0.2, -0.15) is 0 Å². The molecular weight excluding hydrogens is 292 g/mol. The van der Waals surface area contributed by atoms with Gasteiger partial charge in [0, 0.05) is 22.1 Å². The third-order valence-corrected chi connectivity index (χ3v) is 5.34. The number of aromatic nitrogens is 2. The molecule has 24 heavy (non-hydrogen) atoms. The van der Waals surface area contributed by atoms with Crippen LogP contribution in [0.5, 0.6) is 0 Å². The second-order valence-electron chi connectivity index (χ2n) is 7.20. The van der Waals surface area contributed by atoms with Crippen LogP contribution in [0.2, 0.25) is 0 Å². The van der Waals surface area contributed by atoms with E-state index in [4.69, 9.17) is 9.97 Å². The van der Waals surface area contributed by atoms with E-state index in [9.17, 15) is 0 Å². The highest BCUT2D eigenvalue weighted by Crippen LogP contribution is 2.49. The Labute approximate surface area is 141 Å². The van der Waals surface area contributed by atoms with Gasteiger partial charge >= 0.3 is 0 Å². The van der Waals surface area contributed by atoms with Crippen molar-refractivity contribution in [1.29, 1.82) is 0 Å². The van der Waals surface area contributed by atoms with Gasteiger partial charge in [0.25, 0.3) is 0 Å². The average molecular weight is 310 g/mol. The number of fused-ring (bicyclic) bond motifs is 4. The molecule has 0 fully saturated rings. The number of hydrogen-bond donors (Lipinski definition) is 0. The van der Waals surface area contributed by atoms with E-state index in [2.05, 4.69) is 62.4 Å². The van der Waals surface area contributed by atoms with E-state index < -0.39 is 0 Å². The SMILES string of the molecule is Cc1ccc2c3c(ncc2n1)-c1cccc2cccc(c12)C3(C)C. The van der Waals surface area contributed by atoms with Crippen molar-refractivity contribution in [3.63, 3.8) is 0 Å². The van der Waals surface area contributed by atoms with Crippen molar-refractivity contribution in [3.8, 4) is 11.3 Å². The standard InChI is InChI=1S/C22H18N2/c1-13-10-11-15-18(24-13)12-23-21-16-8-4-6-14-7-5-9-17(19(14)16)22(2,3)20(15)21/h4-12H,1-3H3. The van der Waals surface area contributed by atoms with E-state index in [1.54, 1.807) is 0 Å². The molecule has 0 amide bonds. The highest BCUT2D eigenvalue weighted by atomic mass is 14.8. The van der Waals surface area contributed by atoms with Gasteiger partial charge in [-0.05, 0) is 34.9 Å². The first-order valence-corrected chi connectivity index (χ1v) is 8.37. The third kappa shape index (κ3) is 1.60. The van der Waals surface area contributed by atoms with Crippen molar-refractivity contribution < 1.29 is 0 Å². The van der Waals surface area contributed by atoms with E-state index in [-0.39, 0.29) is 5.41 Å². The van der Waals surface area contributed by atoms with Crippen LogP contribution in [0.1, 0.15) is 30.7 Å². The molecule has 0 bridgehead atoms. The number of rotatable bonds is 0. The first kappa shape index (κ1) is 13.7.